The predicted octanol–water partition coefficient (Wildman–Crippen LogP) is 5.20. The van der Waals surface area contributed by atoms with E-state index in [4.69, 9.17) is 0 Å². The van der Waals surface area contributed by atoms with Gasteiger partial charge in [0.2, 0.25) is 0 Å². The van der Waals surface area contributed by atoms with Crippen molar-refractivity contribution >= 4 is 22.6 Å². The summed E-state index contributed by atoms with van der Waals surface area (Å²) in [7, 11) is 0. The average Bonchev–Trinajstić information content (AvgIpc) is 3.09. The summed E-state index contributed by atoms with van der Waals surface area (Å²) in [6.45, 7) is 0. The molecule has 0 unspecified atom stereocenters. The Morgan fingerprint density at radius 2 is 1.84 bits per heavy atom. The van der Waals surface area contributed by atoms with E-state index in [0.717, 1.165) is 17.7 Å². The van der Waals surface area contributed by atoms with Gasteiger partial charge < -0.3 is 5.32 Å². The molecule has 3 rings (SSSR count). The Kier molecular flexibility index (Phi) is 4.82. The first kappa shape index (κ1) is 16.7. The summed E-state index contributed by atoms with van der Waals surface area (Å²) in [5, 5.41) is 14.3. The molecule has 3 nitrogen and oxygen atoms in total. The average molecular weight is 357 g/mol. The first-order valence-electron chi connectivity index (χ1n) is 7.10. The van der Waals surface area contributed by atoms with E-state index in [1.165, 1.54) is 35.7 Å². The van der Waals surface area contributed by atoms with Crippen molar-refractivity contribution in [3.8, 4) is 17.3 Å². The largest absolute Gasteiger partial charge is 0.360 e. The molecule has 2 aromatic carbocycles. The summed E-state index contributed by atoms with van der Waals surface area (Å²) < 4.78 is 39.1. The molecular weight excluding hydrogens is 347 g/mol. The minimum absolute atomic E-state index is 0.239. The van der Waals surface area contributed by atoms with Crippen LogP contribution < -0.4 is 5.32 Å². The second-order valence-electron chi connectivity index (χ2n) is 4.99. The number of aromatic nitrogens is 1. The molecule has 1 aromatic heterocycles. The number of allylic oxidation sites excluding steroid dienone is 1. The van der Waals surface area contributed by atoms with E-state index in [9.17, 15) is 18.4 Å². The van der Waals surface area contributed by atoms with Crippen molar-refractivity contribution in [2.75, 3.05) is 5.32 Å². The van der Waals surface area contributed by atoms with Crippen LogP contribution in [0.1, 0.15) is 5.01 Å². The zero-order chi connectivity index (χ0) is 17.8. The van der Waals surface area contributed by atoms with Gasteiger partial charge in [-0.25, -0.2) is 18.2 Å². The maximum atomic E-state index is 13.2. The molecule has 1 N–H and O–H groups in total. The van der Waals surface area contributed by atoms with Crippen LogP contribution in [0.5, 0.6) is 0 Å². The van der Waals surface area contributed by atoms with E-state index in [1.54, 1.807) is 17.5 Å². The normalized spacial score (nSPS) is 11.2. The molecule has 0 radical (unpaired) electrons. The Morgan fingerprint density at radius 3 is 2.52 bits per heavy atom. The summed E-state index contributed by atoms with van der Waals surface area (Å²) in [5.74, 6) is -2.27. The van der Waals surface area contributed by atoms with Crippen LogP contribution in [0.15, 0.2) is 54.0 Å². The van der Waals surface area contributed by atoms with Crippen molar-refractivity contribution in [1.29, 1.82) is 5.26 Å². The minimum Gasteiger partial charge on any atom is -0.360 e. The Hall–Kier alpha value is -3.11. The van der Waals surface area contributed by atoms with Gasteiger partial charge in [0.15, 0.2) is 11.6 Å². The van der Waals surface area contributed by atoms with Gasteiger partial charge in [0, 0.05) is 28.9 Å². The van der Waals surface area contributed by atoms with Gasteiger partial charge in [-0.2, -0.15) is 5.26 Å². The van der Waals surface area contributed by atoms with E-state index in [-0.39, 0.29) is 11.4 Å². The van der Waals surface area contributed by atoms with E-state index in [0.29, 0.717) is 16.4 Å². The molecule has 0 aliphatic heterocycles. The third-order valence-electron chi connectivity index (χ3n) is 3.30. The second kappa shape index (κ2) is 7.20. The lowest BCUT2D eigenvalue weighted by Gasteiger charge is -2.02. The summed E-state index contributed by atoms with van der Waals surface area (Å²) in [4.78, 5) is 4.36. The zero-order valence-electron chi connectivity index (χ0n) is 12.6. The van der Waals surface area contributed by atoms with Crippen LogP contribution in [0.2, 0.25) is 0 Å². The van der Waals surface area contributed by atoms with Gasteiger partial charge in [0.1, 0.15) is 22.5 Å². The lowest BCUT2D eigenvalue weighted by atomic mass is 10.2. The fraction of sp³-hybridized carbons (Fsp3) is 0. The molecule has 0 amide bonds. The molecule has 0 fully saturated rings. The van der Waals surface area contributed by atoms with Crippen molar-refractivity contribution in [3.05, 3.63) is 76.5 Å². The summed E-state index contributed by atoms with van der Waals surface area (Å²) in [5.41, 5.74) is 1.90. The van der Waals surface area contributed by atoms with Crippen molar-refractivity contribution < 1.29 is 13.2 Å². The molecule has 124 valence electrons. The molecule has 0 saturated carbocycles. The van der Waals surface area contributed by atoms with E-state index in [1.807, 2.05) is 6.07 Å². The number of anilines is 1. The topological polar surface area (TPSA) is 48.7 Å². The highest BCUT2D eigenvalue weighted by molar-refractivity contribution is 7.11. The molecule has 0 saturated heterocycles. The molecule has 0 aliphatic carbocycles. The number of hydrogen-bond acceptors (Lipinski definition) is 4. The summed E-state index contributed by atoms with van der Waals surface area (Å²) in [6, 6.07) is 11.2. The number of thiazole rings is 1. The zero-order valence-corrected chi connectivity index (χ0v) is 13.4. The molecule has 25 heavy (non-hydrogen) atoms. The van der Waals surface area contributed by atoms with Gasteiger partial charge in [-0.05, 0) is 36.4 Å². The smallest absolute Gasteiger partial charge is 0.160 e. The van der Waals surface area contributed by atoms with E-state index < -0.39 is 11.6 Å². The van der Waals surface area contributed by atoms with Crippen LogP contribution in [0.3, 0.4) is 0 Å². The number of nitrogens with zero attached hydrogens (tertiary/aromatic N) is 2. The van der Waals surface area contributed by atoms with Crippen molar-refractivity contribution in [2.24, 2.45) is 0 Å². The second-order valence-corrected chi connectivity index (χ2v) is 5.85. The fourth-order valence-electron chi connectivity index (χ4n) is 2.03. The highest BCUT2D eigenvalue weighted by Crippen LogP contribution is 2.26. The van der Waals surface area contributed by atoms with Crippen molar-refractivity contribution in [2.45, 2.75) is 0 Å². The number of nitrogens with one attached hydrogen (secondary N) is 1. The van der Waals surface area contributed by atoms with Crippen LogP contribution >= 0.6 is 11.3 Å². The molecule has 0 spiro atoms. The van der Waals surface area contributed by atoms with Crippen molar-refractivity contribution in [1.82, 2.24) is 4.98 Å². The first-order chi connectivity index (χ1) is 12.1. The third kappa shape index (κ3) is 3.87. The maximum Gasteiger partial charge on any atom is 0.160 e. The maximum absolute atomic E-state index is 13.2. The lowest BCUT2D eigenvalue weighted by molar-refractivity contribution is 0.509. The van der Waals surface area contributed by atoms with Gasteiger partial charge in [-0.1, -0.05) is 0 Å². The van der Waals surface area contributed by atoms with Gasteiger partial charge in [-0.3, -0.25) is 0 Å². The molecule has 0 aliphatic rings. The summed E-state index contributed by atoms with van der Waals surface area (Å²) >= 11 is 1.25. The molecule has 7 heteroatoms. The van der Waals surface area contributed by atoms with Crippen molar-refractivity contribution in [3.63, 3.8) is 0 Å². The fourth-order valence-corrected chi connectivity index (χ4v) is 2.83. The molecular formula is C18H10F3N3S. The number of rotatable bonds is 4. The standard InChI is InChI=1S/C18H10F3N3S/c19-13-3-1-11(2-4-13)17-10-25-18(24-17)12(8-22)9-23-14-5-6-15(20)16(21)7-14/h1-7,9-10,23H/b12-9+. The SMILES string of the molecule is N#C/C(=C\Nc1ccc(F)c(F)c1)c1nc(-c2ccc(F)cc2)cs1. The van der Waals surface area contributed by atoms with Crippen LogP contribution in [0.4, 0.5) is 18.9 Å². The molecule has 3 aromatic rings. The van der Waals surface area contributed by atoms with Gasteiger partial charge >= 0.3 is 0 Å². The Morgan fingerprint density at radius 1 is 1.08 bits per heavy atom. The van der Waals surface area contributed by atoms with Crippen LogP contribution in [0, 0.1) is 28.8 Å². The summed E-state index contributed by atoms with van der Waals surface area (Å²) in [6.07, 6.45) is 1.37. The van der Waals surface area contributed by atoms with Crippen LogP contribution in [-0.2, 0) is 0 Å². The Labute approximate surface area is 145 Å². The number of halogens is 3. The first-order valence-corrected chi connectivity index (χ1v) is 7.98. The van der Waals surface area contributed by atoms with Crippen LogP contribution in [0.25, 0.3) is 16.8 Å². The van der Waals surface area contributed by atoms with E-state index in [2.05, 4.69) is 10.3 Å². The highest BCUT2D eigenvalue weighted by atomic mass is 32.1. The monoisotopic (exact) mass is 357 g/mol. The number of nitriles is 1. The number of hydrogen-bond donors (Lipinski definition) is 1. The minimum atomic E-state index is -0.982. The van der Waals surface area contributed by atoms with Crippen LogP contribution in [-0.4, -0.2) is 4.98 Å². The molecule has 0 bridgehead atoms. The predicted molar refractivity (Wildman–Crippen MR) is 91.1 cm³/mol. The van der Waals surface area contributed by atoms with E-state index >= 15 is 0 Å². The third-order valence-corrected chi connectivity index (χ3v) is 4.17. The Balaban J connectivity index is 1.82. The number of benzene rings is 2. The quantitative estimate of drug-likeness (QED) is 0.653. The molecule has 1 heterocycles. The van der Waals surface area contributed by atoms with Gasteiger partial charge in [0.25, 0.3) is 0 Å². The lowest BCUT2D eigenvalue weighted by Crippen LogP contribution is -1.93. The van der Waals surface area contributed by atoms with Gasteiger partial charge in [-0.15, -0.1) is 11.3 Å². The molecule has 0 atom stereocenters. The highest BCUT2D eigenvalue weighted by Gasteiger charge is 2.09. The Bertz CT molecular complexity index is 972. The van der Waals surface area contributed by atoms with Gasteiger partial charge in [0.05, 0.1) is 5.69 Å².